The molecule has 0 bridgehead atoms. The van der Waals surface area contributed by atoms with E-state index in [-0.39, 0.29) is 17.3 Å². The van der Waals surface area contributed by atoms with Gasteiger partial charge in [-0.15, -0.1) is 0 Å². The molecule has 2 N–H and O–H groups in total. The number of nitrogens with one attached hydrogen (secondary N) is 2. The fourth-order valence-electron chi connectivity index (χ4n) is 3.02. The summed E-state index contributed by atoms with van der Waals surface area (Å²) in [5.74, 6) is 2.21. The number of benzene rings is 2. The van der Waals surface area contributed by atoms with Gasteiger partial charge in [-0.1, -0.05) is 0 Å². The summed E-state index contributed by atoms with van der Waals surface area (Å²) in [6.45, 7) is 0.906. The monoisotopic (exact) mass is 425 g/mol. The van der Waals surface area contributed by atoms with Crippen LogP contribution in [0.1, 0.15) is 0 Å². The lowest BCUT2D eigenvalue weighted by Crippen LogP contribution is -2.15. The fraction of sp³-hybridized carbons (Fsp3) is 0.200. The second-order valence-corrected chi connectivity index (χ2v) is 6.35. The van der Waals surface area contributed by atoms with Crippen LogP contribution >= 0.6 is 0 Å². The Hall–Kier alpha value is -4.28. The van der Waals surface area contributed by atoms with E-state index in [9.17, 15) is 10.1 Å². The van der Waals surface area contributed by atoms with Gasteiger partial charge in [-0.25, -0.2) is 9.97 Å². The van der Waals surface area contributed by atoms with E-state index in [0.717, 1.165) is 0 Å². The third kappa shape index (κ3) is 4.20. The highest BCUT2D eigenvalue weighted by molar-refractivity contribution is 5.79. The van der Waals surface area contributed by atoms with E-state index in [0.29, 0.717) is 47.6 Å². The van der Waals surface area contributed by atoms with Crippen molar-refractivity contribution >= 4 is 28.7 Å². The number of hydrogen-bond acceptors (Lipinski definition) is 10. The minimum atomic E-state index is -0.557. The molecule has 160 valence electrons. The van der Waals surface area contributed by atoms with E-state index in [1.165, 1.54) is 20.5 Å². The van der Waals surface area contributed by atoms with Gasteiger partial charge >= 0.3 is 5.69 Å². The molecule has 11 nitrogen and oxygen atoms in total. The highest BCUT2D eigenvalue weighted by atomic mass is 16.6. The fourth-order valence-corrected chi connectivity index (χ4v) is 3.02. The molecule has 31 heavy (non-hydrogen) atoms. The molecule has 0 spiro atoms. The molecule has 0 atom stereocenters. The molecule has 2 heterocycles. The lowest BCUT2D eigenvalue weighted by molar-refractivity contribution is -0.383. The number of methoxy groups -OCH3 is 2. The van der Waals surface area contributed by atoms with Gasteiger partial charge in [0.05, 0.1) is 24.8 Å². The molecule has 0 saturated carbocycles. The lowest BCUT2D eigenvalue weighted by atomic mass is 10.2. The first-order valence-electron chi connectivity index (χ1n) is 9.24. The van der Waals surface area contributed by atoms with Crippen molar-refractivity contribution in [1.82, 2.24) is 9.97 Å². The molecule has 3 aromatic rings. The Labute approximate surface area is 177 Å². The van der Waals surface area contributed by atoms with Crippen molar-refractivity contribution in [3.63, 3.8) is 0 Å². The standard InChI is InChI=1S/C20H19N5O6/c1-28-13-4-5-14(16(10-13)29-2)24-20-18(25(26)27)19(21-11-22-20)23-12-3-6-15-17(9-12)31-8-7-30-15/h3-6,9-11H,7-8H2,1-2H3,(H2,21,22,23,24). The van der Waals surface area contributed by atoms with Gasteiger partial charge in [0.2, 0.25) is 11.6 Å². The van der Waals surface area contributed by atoms with Crippen LogP contribution in [0.4, 0.5) is 28.7 Å². The Morgan fingerprint density at radius 2 is 1.71 bits per heavy atom. The van der Waals surface area contributed by atoms with Gasteiger partial charge in [-0.3, -0.25) is 10.1 Å². The van der Waals surface area contributed by atoms with Crippen molar-refractivity contribution in [2.75, 3.05) is 38.1 Å². The minimum absolute atomic E-state index is 0.00325. The highest BCUT2D eigenvalue weighted by Gasteiger charge is 2.25. The largest absolute Gasteiger partial charge is 0.497 e. The van der Waals surface area contributed by atoms with Crippen LogP contribution in [-0.4, -0.2) is 42.3 Å². The molecule has 0 radical (unpaired) electrons. The molecule has 11 heteroatoms. The molecule has 1 aliphatic heterocycles. The molecule has 1 aliphatic rings. The van der Waals surface area contributed by atoms with Crippen molar-refractivity contribution in [2.24, 2.45) is 0 Å². The van der Waals surface area contributed by atoms with Crippen molar-refractivity contribution < 1.29 is 23.9 Å². The first-order valence-corrected chi connectivity index (χ1v) is 9.24. The van der Waals surface area contributed by atoms with Crippen LogP contribution in [0.25, 0.3) is 0 Å². The number of anilines is 4. The zero-order chi connectivity index (χ0) is 21.8. The predicted molar refractivity (Wildman–Crippen MR) is 112 cm³/mol. The van der Waals surface area contributed by atoms with E-state index in [1.807, 2.05) is 0 Å². The molecule has 0 aliphatic carbocycles. The Morgan fingerprint density at radius 1 is 0.968 bits per heavy atom. The SMILES string of the molecule is COc1ccc(Nc2ncnc(Nc3ccc4c(c3)OCCO4)c2[N+](=O)[O-])c(OC)c1. The maximum Gasteiger partial charge on any atom is 0.353 e. The summed E-state index contributed by atoms with van der Waals surface area (Å²) in [6.07, 6.45) is 1.23. The van der Waals surface area contributed by atoms with E-state index < -0.39 is 4.92 Å². The molecular weight excluding hydrogens is 406 g/mol. The summed E-state index contributed by atoms with van der Waals surface area (Å²) in [5.41, 5.74) is 0.713. The van der Waals surface area contributed by atoms with E-state index >= 15 is 0 Å². The van der Waals surface area contributed by atoms with Crippen LogP contribution in [0.3, 0.4) is 0 Å². The van der Waals surface area contributed by atoms with Crippen LogP contribution in [0.5, 0.6) is 23.0 Å². The molecular formula is C20H19N5O6. The molecule has 0 saturated heterocycles. The Kier molecular flexibility index (Phi) is 5.56. The first kappa shape index (κ1) is 20.0. The third-order valence-corrected chi connectivity index (χ3v) is 4.47. The quantitative estimate of drug-likeness (QED) is 0.427. The van der Waals surface area contributed by atoms with E-state index in [2.05, 4.69) is 20.6 Å². The number of fused-ring (bicyclic) bond motifs is 1. The number of nitrogens with zero attached hydrogens (tertiary/aromatic N) is 3. The van der Waals surface area contributed by atoms with Crippen molar-refractivity contribution in [3.05, 3.63) is 52.8 Å². The summed E-state index contributed by atoms with van der Waals surface area (Å²) in [5, 5.41) is 17.8. The van der Waals surface area contributed by atoms with Crippen LogP contribution < -0.4 is 29.6 Å². The summed E-state index contributed by atoms with van der Waals surface area (Å²) >= 11 is 0. The van der Waals surface area contributed by atoms with Crippen LogP contribution in [-0.2, 0) is 0 Å². The molecule has 4 rings (SSSR count). The maximum absolute atomic E-state index is 11.9. The predicted octanol–water partition coefficient (Wildman–Crippen LogP) is 3.66. The topological polar surface area (TPSA) is 130 Å². The van der Waals surface area contributed by atoms with Gasteiger partial charge in [0, 0.05) is 17.8 Å². The second kappa shape index (κ2) is 8.61. The Morgan fingerprint density at radius 3 is 2.42 bits per heavy atom. The average molecular weight is 425 g/mol. The van der Waals surface area contributed by atoms with Crippen LogP contribution in [0.2, 0.25) is 0 Å². The summed E-state index contributed by atoms with van der Waals surface area (Å²) < 4.78 is 21.6. The average Bonchev–Trinajstić information content (AvgIpc) is 2.79. The maximum atomic E-state index is 11.9. The minimum Gasteiger partial charge on any atom is -0.497 e. The van der Waals surface area contributed by atoms with Crippen molar-refractivity contribution in [1.29, 1.82) is 0 Å². The first-order chi connectivity index (χ1) is 15.1. The Balaban J connectivity index is 1.67. The van der Waals surface area contributed by atoms with Crippen molar-refractivity contribution in [3.8, 4) is 23.0 Å². The van der Waals surface area contributed by atoms with Crippen LogP contribution in [0, 0.1) is 10.1 Å². The smallest absolute Gasteiger partial charge is 0.353 e. The van der Waals surface area contributed by atoms with Gasteiger partial charge in [0.25, 0.3) is 0 Å². The van der Waals surface area contributed by atoms with Gasteiger partial charge in [-0.05, 0) is 24.3 Å². The zero-order valence-corrected chi connectivity index (χ0v) is 16.7. The van der Waals surface area contributed by atoms with Gasteiger partial charge < -0.3 is 29.6 Å². The van der Waals surface area contributed by atoms with E-state index in [4.69, 9.17) is 18.9 Å². The zero-order valence-electron chi connectivity index (χ0n) is 16.7. The molecule has 0 amide bonds. The lowest BCUT2D eigenvalue weighted by Gasteiger charge is -2.19. The molecule has 0 fully saturated rings. The van der Waals surface area contributed by atoms with Gasteiger partial charge in [-0.2, -0.15) is 0 Å². The summed E-state index contributed by atoms with van der Waals surface area (Å²) in [4.78, 5) is 19.4. The number of rotatable bonds is 7. The van der Waals surface area contributed by atoms with Gasteiger partial charge in [0.1, 0.15) is 31.0 Å². The third-order valence-electron chi connectivity index (χ3n) is 4.47. The van der Waals surface area contributed by atoms with E-state index in [1.54, 1.807) is 36.4 Å². The van der Waals surface area contributed by atoms with Crippen molar-refractivity contribution in [2.45, 2.75) is 0 Å². The highest BCUT2D eigenvalue weighted by Crippen LogP contribution is 2.38. The van der Waals surface area contributed by atoms with Gasteiger partial charge in [0.15, 0.2) is 11.5 Å². The number of ether oxygens (including phenoxy) is 4. The normalized spacial score (nSPS) is 12.1. The molecule has 2 aromatic carbocycles. The number of aromatic nitrogens is 2. The summed E-state index contributed by atoms with van der Waals surface area (Å²) in [6, 6.07) is 10.2. The number of hydrogen-bond donors (Lipinski definition) is 2. The second-order valence-electron chi connectivity index (χ2n) is 6.35. The molecule has 1 aromatic heterocycles. The van der Waals surface area contributed by atoms with Crippen LogP contribution in [0.15, 0.2) is 42.7 Å². The summed E-state index contributed by atoms with van der Waals surface area (Å²) in [7, 11) is 3.02. The molecule has 0 unspecified atom stereocenters. The number of nitro groups is 1. The Bertz CT molecular complexity index is 1120.